The standard InChI is InChI=1S/C20H21N3O3S/c1-23-15-18(27(25,26)22-14-17-10-6-3-7-11-17)12-19(23)20(24)21-13-16-8-4-2-5-9-16/h2-12,15,22H,13-14H2,1H3,(H,21,24). The van der Waals surface area contributed by atoms with Gasteiger partial charge in [0.25, 0.3) is 5.91 Å². The number of carbonyl (C=O) groups is 1. The van der Waals surface area contributed by atoms with Crippen molar-refractivity contribution < 1.29 is 13.2 Å². The number of hydrogen-bond acceptors (Lipinski definition) is 3. The van der Waals surface area contributed by atoms with Crippen molar-refractivity contribution >= 4 is 15.9 Å². The van der Waals surface area contributed by atoms with Gasteiger partial charge in [-0.15, -0.1) is 0 Å². The molecule has 0 saturated heterocycles. The molecule has 0 atom stereocenters. The van der Waals surface area contributed by atoms with E-state index in [0.717, 1.165) is 11.1 Å². The first kappa shape index (κ1) is 18.9. The van der Waals surface area contributed by atoms with Crippen LogP contribution in [0.15, 0.2) is 77.8 Å². The van der Waals surface area contributed by atoms with Crippen LogP contribution in [-0.2, 0) is 30.2 Å². The van der Waals surface area contributed by atoms with E-state index in [0.29, 0.717) is 6.54 Å². The van der Waals surface area contributed by atoms with Crippen LogP contribution in [0.1, 0.15) is 21.6 Å². The van der Waals surface area contributed by atoms with E-state index >= 15 is 0 Å². The van der Waals surface area contributed by atoms with Gasteiger partial charge in [-0.05, 0) is 17.2 Å². The molecule has 3 rings (SSSR count). The van der Waals surface area contributed by atoms with Gasteiger partial charge in [-0.1, -0.05) is 60.7 Å². The zero-order chi connectivity index (χ0) is 19.3. The van der Waals surface area contributed by atoms with E-state index in [1.54, 1.807) is 7.05 Å². The zero-order valence-corrected chi connectivity index (χ0v) is 15.7. The Morgan fingerprint density at radius 1 is 0.926 bits per heavy atom. The van der Waals surface area contributed by atoms with Gasteiger partial charge in [0.15, 0.2) is 0 Å². The first-order chi connectivity index (χ1) is 13.0. The summed E-state index contributed by atoms with van der Waals surface area (Å²) in [6.07, 6.45) is 1.44. The number of hydrogen-bond donors (Lipinski definition) is 2. The van der Waals surface area contributed by atoms with Crippen molar-refractivity contribution in [3.05, 3.63) is 89.7 Å². The van der Waals surface area contributed by atoms with E-state index in [-0.39, 0.29) is 23.0 Å². The van der Waals surface area contributed by atoms with Gasteiger partial charge in [0.1, 0.15) is 10.6 Å². The molecule has 27 heavy (non-hydrogen) atoms. The Kier molecular flexibility index (Phi) is 5.73. The number of carbonyl (C=O) groups excluding carboxylic acids is 1. The molecule has 0 bridgehead atoms. The summed E-state index contributed by atoms with van der Waals surface area (Å²) in [5.74, 6) is -0.328. The molecule has 0 aliphatic rings. The van der Waals surface area contributed by atoms with Crippen LogP contribution in [0.4, 0.5) is 0 Å². The predicted molar refractivity (Wildman–Crippen MR) is 103 cm³/mol. The van der Waals surface area contributed by atoms with Crippen molar-refractivity contribution in [2.45, 2.75) is 18.0 Å². The molecular formula is C20H21N3O3S. The molecule has 0 fully saturated rings. The van der Waals surface area contributed by atoms with Gasteiger partial charge >= 0.3 is 0 Å². The molecule has 0 aliphatic heterocycles. The lowest BCUT2D eigenvalue weighted by Crippen LogP contribution is -2.24. The van der Waals surface area contributed by atoms with E-state index in [9.17, 15) is 13.2 Å². The normalized spacial score (nSPS) is 11.3. The molecule has 0 aliphatic carbocycles. The van der Waals surface area contributed by atoms with Gasteiger partial charge < -0.3 is 9.88 Å². The number of sulfonamides is 1. The second kappa shape index (κ2) is 8.20. The minimum Gasteiger partial charge on any atom is -0.347 e. The van der Waals surface area contributed by atoms with Crippen LogP contribution in [0.25, 0.3) is 0 Å². The second-order valence-electron chi connectivity index (χ2n) is 6.15. The van der Waals surface area contributed by atoms with Gasteiger partial charge in [-0.25, -0.2) is 13.1 Å². The minimum atomic E-state index is -3.71. The summed E-state index contributed by atoms with van der Waals surface area (Å²) in [4.78, 5) is 12.5. The van der Waals surface area contributed by atoms with Gasteiger partial charge in [0, 0.05) is 26.3 Å². The summed E-state index contributed by atoms with van der Waals surface area (Å²) in [7, 11) is -2.07. The number of nitrogens with zero attached hydrogens (tertiary/aromatic N) is 1. The summed E-state index contributed by atoms with van der Waals surface area (Å²) in [6.45, 7) is 0.562. The number of amides is 1. The Balaban J connectivity index is 1.68. The van der Waals surface area contributed by atoms with Crippen LogP contribution in [0, 0.1) is 0 Å². The molecule has 0 saturated carbocycles. The average Bonchev–Trinajstić information content (AvgIpc) is 3.09. The fourth-order valence-corrected chi connectivity index (χ4v) is 3.72. The summed E-state index contributed by atoms with van der Waals surface area (Å²) in [5.41, 5.74) is 2.11. The highest BCUT2D eigenvalue weighted by molar-refractivity contribution is 7.89. The molecule has 1 amide bonds. The molecular weight excluding hydrogens is 362 g/mol. The predicted octanol–water partition coefficient (Wildman–Crippen LogP) is 2.43. The highest BCUT2D eigenvalue weighted by Crippen LogP contribution is 2.14. The van der Waals surface area contributed by atoms with Gasteiger partial charge in [0.2, 0.25) is 10.0 Å². The lowest BCUT2D eigenvalue weighted by Gasteiger charge is -2.05. The van der Waals surface area contributed by atoms with Crippen molar-refractivity contribution in [1.29, 1.82) is 0 Å². The smallest absolute Gasteiger partial charge is 0.268 e. The van der Waals surface area contributed by atoms with Crippen LogP contribution in [0.3, 0.4) is 0 Å². The highest BCUT2D eigenvalue weighted by atomic mass is 32.2. The summed E-state index contributed by atoms with van der Waals surface area (Å²) < 4.78 is 29.1. The molecule has 1 heterocycles. The number of rotatable bonds is 7. The Bertz CT molecular complexity index is 1010. The SMILES string of the molecule is Cn1cc(S(=O)(=O)NCc2ccccc2)cc1C(=O)NCc1ccccc1. The molecule has 0 unspecified atom stereocenters. The van der Waals surface area contributed by atoms with Gasteiger partial charge in [-0.3, -0.25) is 4.79 Å². The van der Waals surface area contributed by atoms with Crippen molar-refractivity contribution in [3.8, 4) is 0 Å². The van der Waals surface area contributed by atoms with E-state index in [1.165, 1.54) is 16.8 Å². The first-order valence-electron chi connectivity index (χ1n) is 8.48. The van der Waals surface area contributed by atoms with E-state index in [2.05, 4.69) is 10.0 Å². The molecule has 6 nitrogen and oxygen atoms in total. The van der Waals surface area contributed by atoms with E-state index < -0.39 is 10.0 Å². The van der Waals surface area contributed by atoms with Crippen molar-refractivity contribution in [2.75, 3.05) is 0 Å². The monoisotopic (exact) mass is 383 g/mol. The molecule has 1 aromatic heterocycles. The third-order valence-corrected chi connectivity index (χ3v) is 5.50. The van der Waals surface area contributed by atoms with Crippen LogP contribution >= 0.6 is 0 Å². The molecule has 7 heteroatoms. The summed E-state index contributed by atoms with van der Waals surface area (Å²) in [6, 6.07) is 20.2. The Morgan fingerprint density at radius 3 is 2.07 bits per heavy atom. The van der Waals surface area contributed by atoms with Crippen LogP contribution in [0.2, 0.25) is 0 Å². The third kappa shape index (κ3) is 4.84. The number of aryl methyl sites for hydroxylation is 1. The average molecular weight is 383 g/mol. The van der Waals surface area contributed by atoms with Crippen LogP contribution < -0.4 is 10.0 Å². The largest absolute Gasteiger partial charge is 0.347 e. The lowest BCUT2D eigenvalue weighted by atomic mass is 10.2. The fourth-order valence-electron chi connectivity index (χ4n) is 2.63. The van der Waals surface area contributed by atoms with Crippen molar-refractivity contribution in [3.63, 3.8) is 0 Å². The molecule has 140 valence electrons. The van der Waals surface area contributed by atoms with Crippen molar-refractivity contribution in [2.24, 2.45) is 7.05 Å². The molecule has 0 radical (unpaired) electrons. The maximum Gasteiger partial charge on any atom is 0.268 e. The van der Waals surface area contributed by atoms with Crippen LogP contribution in [0.5, 0.6) is 0 Å². The summed E-state index contributed by atoms with van der Waals surface area (Å²) in [5, 5.41) is 2.80. The van der Waals surface area contributed by atoms with Crippen LogP contribution in [-0.4, -0.2) is 18.9 Å². The highest BCUT2D eigenvalue weighted by Gasteiger charge is 2.20. The maximum atomic E-state index is 12.5. The zero-order valence-electron chi connectivity index (χ0n) is 14.9. The maximum absolute atomic E-state index is 12.5. The van der Waals surface area contributed by atoms with E-state index in [4.69, 9.17) is 0 Å². The Hall–Kier alpha value is -2.90. The Labute approximate surface area is 158 Å². The number of aromatic nitrogens is 1. The first-order valence-corrected chi connectivity index (χ1v) is 9.96. The Morgan fingerprint density at radius 2 is 1.48 bits per heavy atom. The molecule has 3 aromatic rings. The van der Waals surface area contributed by atoms with E-state index in [1.807, 2.05) is 60.7 Å². The lowest BCUT2D eigenvalue weighted by molar-refractivity contribution is 0.0942. The topological polar surface area (TPSA) is 80.2 Å². The quantitative estimate of drug-likeness (QED) is 0.658. The fraction of sp³-hybridized carbons (Fsp3) is 0.150. The van der Waals surface area contributed by atoms with Gasteiger partial charge in [0.05, 0.1) is 0 Å². The number of nitrogens with one attached hydrogen (secondary N) is 2. The minimum absolute atomic E-state index is 0.0609. The van der Waals surface area contributed by atoms with Gasteiger partial charge in [-0.2, -0.15) is 0 Å². The number of benzene rings is 2. The molecule has 2 aromatic carbocycles. The molecule has 2 N–H and O–H groups in total. The molecule has 0 spiro atoms. The second-order valence-corrected chi connectivity index (χ2v) is 7.92. The third-order valence-electron chi connectivity index (χ3n) is 4.13. The summed E-state index contributed by atoms with van der Waals surface area (Å²) >= 11 is 0. The van der Waals surface area contributed by atoms with Crippen molar-refractivity contribution in [1.82, 2.24) is 14.6 Å².